The van der Waals surface area contributed by atoms with Crippen LogP contribution < -0.4 is 4.74 Å². The molecule has 0 N–H and O–H groups in total. The van der Waals surface area contributed by atoms with Crippen molar-refractivity contribution in [3.63, 3.8) is 0 Å². The molecule has 2 aromatic carbocycles. The van der Waals surface area contributed by atoms with Crippen LogP contribution in [0.4, 0.5) is 0 Å². The number of nitrogens with zero attached hydrogens (tertiary/aromatic N) is 1. The second kappa shape index (κ2) is 7.17. The molecule has 2 aliphatic heterocycles. The van der Waals surface area contributed by atoms with E-state index >= 15 is 0 Å². The first-order valence-electron chi connectivity index (χ1n) is 9.53. The minimum Gasteiger partial charge on any atom is -0.489 e. The van der Waals surface area contributed by atoms with Crippen LogP contribution in [0.2, 0.25) is 0 Å². The van der Waals surface area contributed by atoms with Crippen molar-refractivity contribution in [3.05, 3.63) is 53.6 Å². The molecule has 1 saturated heterocycles. The van der Waals surface area contributed by atoms with E-state index in [1.54, 1.807) is 6.07 Å². The number of benzene rings is 2. The van der Waals surface area contributed by atoms with E-state index < -0.39 is 0 Å². The summed E-state index contributed by atoms with van der Waals surface area (Å²) in [5.41, 5.74) is 3.10. The van der Waals surface area contributed by atoms with Gasteiger partial charge in [-0.1, -0.05) is 18.2 Å². The van der Waals surface area contributed by atoms with E-state index in [2.05, 4.69) is 19.9 Å². The van der Waals surface area contributed by atoms with E-state index in [0.717, 1.165) is 24.0 Å². The molecule has 1 fully saturated rings. The smallest absolute Gasteiger partial charge is 0.170 e. The number of nitriles is 1. The van der Waals surface area contributed by atoms with Gasteiger partial charge < -0.3 is 9.47 Å². The highest BCUT2D eigenvalue weighted by Gasteiger charge is 2.36. The number of carbonyl (C=O) groups is 1. The largest absolute Gasteiger partial charge is 0.489 e. The Kier molecular flexibility index (Phi) is 4.72. The zero-order chi connectivity index (χ0) is 19.0. The van der Waals surface area contributed by atoms with Crippen LogP contribution in [0.25, 0.3) is 11.1 Å². The van der Waals surface area contributed by atoms with Crippen LogP contribution in [-0.4, -0.2) is 24.1 Å². The van der Waals surface area contributed by atoms with Gasteiger partial charge in [0, 0.05) is 12.3 Å². The summed E-state index contributed by atoms with van der Waals surface area (Å²) < 4.78 is 12.1. The Bertz CT molecular complexity index is 904. The van der Waals surface area contributed by atoms with Gasteiger partial charge in [0.25, 0.3) is 0 Å². The molecule has 4 heteroatoms. The van der Waals surface area contributed by atoms with Crippen molar-refractivity contribution in [2.75, 3.05) is 0 Å². The van der Waals surface area contributed by atoms with Crippen LogP contribution in [0.1, 0.15) is 49.0 Å². The quantitative estimate of drug-likeness (QED) is 0.773. The van der Waals surface area contributed by atoms with Gasteiger partial charge in [0.05, 0.1) is 29.4 Å². The molecule has 138 valence electrons. The summed E-state index contributed by atoms with van der Waals surface area (Å²) in [4.78, 5) is 12.8. The van der Waals surface area contributed by atoms with Crippen LogP contribution in [0.3, 0.4) is 0 Å². The molecule has 27 heavy (non-hydrogen) atoms. The monoisotopic (exact) mass is 361 g/mol. The molecule has 2 aliphatic rings. The molecular formula is C23H23NO3. The lowest BCUT2D eigenvalue weighted by Crippen LogP contribution is -2.41. The van der Waals surface area contributed by atoms with Crippen molar-refractivity contribution >= 4 is 5.78 Å². The number of rotatable bonds is 2. The van der Waals surface area contributed by atoms with Crippen molar-refractivity contribution in [2.45, 2.75) is 51.4 Å². The van der Waals surface area contributed by atoms with Gasteiger partial charge in [-0.25, -0.2) is 0 Å². The SMILES string of the molecule is CC1CC(C2CC(=O)c3cc(-c4cccc(C#N)c4)ccc3O2)CC(C)O1. The van der Waals surface area contributed by atoms with Gasteiger partial charge in [-0.3, -0.25) is 4.79 Å². The zero-order valence-electron chi connectivity index (χ0n) is 15.6. The summed E-state index contributed by atoms with van der Waals surface area (Å²) in [7, 11) is 0. The highest BCUT2D eigenvalue weighted by molar-refractivity contribution is 6.01. The minimum absolute atomic E-state index is 0.0773. The number of hydrogen-bond acceptors (Lipinski definition) is 4. The Morgan fingerprint density at radius 3 is 2.52 bits per heavy atom. The van der Waals surface area contributed by atoms with Crippen LogP contribution in [-0.2, 0) is 4.74 Å². The van der Waals surface area contributed by atoms with Gasteiger partial charge in [0.15, 0.2) is 5.78 Å². The number of hydrogen-bond donors (Lipinski definition) is 0. The first-order chi connectivity index (χ1) is 13.0. The van der Waals surface area contributed by atoms with E-state index in [9.17, 15) is 4.79 Å². The maximum Gasteiger partial charge on any atom is 0.170 e. The summed E-state index contributed by atoms with van der Waals surface area (Å²) in [6.07, 6.45) is 2.60. The Morgan fingerprint density at radius 1 is 1.04 bits per heavy atom. The lowest BCUT2D eigenvalue weighted by atomic mass is 9.83. The maximum atomic E-state index is 12.8. The van der Waals surface area contributed by atoms with Crippen molar-refractivity contribution in [3.8, 4) is 22.9 Å². The first kappa shape index (κ1) is 17.8. The van der Waals surface area contributed by atoms with Crippen LogP contribution in [0.5, 0.6) is 5.75 Å². The highest BCUT2D eigenvalue weighted by atomic mass is 16.5. The van der Waals surface area contributed by atoms with Gasteiger partial charge in [0.1, 0.15) is 11.9 Å². The topological polar surface area (TPSA) is 59.3 Å². The average molecular weight is 361 g/mol. The van der Waals surface area contributed by atoms with Gasteiger partial charge >= 0.3 is 0 Å². The lowest BCUT2D eigenvalue weighted by molar-refractivity contribution is -0.0749. The number of fused-ring (bicyclic) bond motifs is 1. The van der Waals surface area contributed by atoms with Crippen molar-refractivity contribution < 1.29 is 14.3 Å². The number of ketones is 1. The molecule has 4 rings (SSSR count). The molecule has 0 amide bonds. The Balaban J connectivity index is 1.60. The van der Waals surface area contributed by atoms with Crippen molar-refractivity contribution in [1.29, 1.82) is 5.26 Å². The second-order valence-corrected chi connectivity index (χ2v) is 7.68. The molecule has 0 aromatic heterocycles. The summed E-state index contributed by atoms with van der Waals surface area (Å²) in [6.45, 7) is 4.17. The van der Waals surface area contributed by atoms with E-state index in [0.29, 0.717) is 29.2 Å². The third kappa shape index (κ3) is 3.61. The predicted molar refractivity (Wildman–Crippen MR) is 103 cm³/mol. The number of ether oxygens (including phenoxy) is 2. The van der Waals surface area contributed by atoms with Gasteiger partial charge in [0.2, 0.25) is 0 Å². The van der Waals surface area contributed by atoms with Crippen molar-refractivity contribution in [2.24, 2.45) is 5.92 Å². The van der Waals surface area contributed by atoms with Crippen LogP contribution in [0, 0.1) is 17.2 Å². The molecule has 0 aliphatic carbocycles. The molecule has 2 aromatic rings. The molecule has 0 radical (unpaired) electrons. The van der Waals surface area contributed by atoms with Crippen LogP contribution in [0.15, 0.2) is 42.5 Å². The highest BCUT2D eigenvalue weighted by Crippen LogP contribution is 2.37. The second-order valence-electron chi connectivity index (χ2n) is 7.68. The van der Waals surface area contributed by atoms with Crippen LogP contribution >= 0.6 is 0 Å². The molecule has 2 heterocycles. The molecular weight excluding hydrogens is 338 g/mol. The molecule has 0 bridgehead atoms. The fourth-order valence-electron chi connectivity index (χ4n) is 4.32. The van der Waals surface area contributed by atoms with Gasteiger partial charge in [-0.05, 0) is 62.1 Å². The molecule has 0 spiro atoms. The Hall–Kier alpha value is -2.64. The Morgan fingerprint density at radius 2 is 1.78 bits per heavy atom. The number of carbonyl (C=O) groups excluding carboxylic acids is 1. The van der Waals surface area contributed by atoms with Crippen molar-refractivity contribution in [1.82, 2.24) is 0 Å². The predicted octanol–water partition coefficient (Wildman–Crippen LogP) is 4.76. The number of Topliss-reactive ketones (excluding diaryl/α,β-unsaturated/α-hetero) is 1. The molecule has 3 atom stereocenters. The molecule has 3 unspecified atom stereocenters. The molecule has 0 saturated carbocycles. The molecule has 4 nitrogen and oxygen atoms in total. The van der Waals surface area contributed by atoms with E-state index in [-0.39, 0.29) is 24.1 Å². The third-order valence-electron chi connectivity index (χ3n) is 5.53. The zero-order valence-corrected chi connectivity index (χ0v) is 15.6. The normalized spacial score (nSPS) is 27.4. The standard InChI is InChI=1S/C23H23NO3/c1-14-8-19(9-15(2)26-14)23-12-21(25)20-11-18(6-7-22(20)27-23)17-5-3-4-16(10-17)13-24/h3-7,10-11,14-15,19,23H,8-9,12H2,1-2H3. The van der Waals surface area contributed by atoms with Gasteiger partial charge in [-0.2, -0.15) is 5.26 Å². The maximum absolute atomic E-state index is 12.8. The fourth-order valence-corrected chi connectivity index (χ4v) is 4.32. The first-order valence-corrected chi connectivity index (χ1v) is 9.53. The minimum atomic E-state index is -0.0773. The summed E-state index contributed by atoms with van der Waals surface area (Å²) >= 11 is 0. The summed E-state index contributed by atoms with van der Waals surface area (Å²) in [6, 6.07) is 15.3. The average Bonchev–Trinajstić information content (AvgIpc) is 2.67. The lowest BCUT2D eigenvalue weighted by Gasteiger charge is -2.38. The summed E-state index contributed by atoms with van der Waals surface area (Å²) in [5.74, 6) is 1.14. The van der Waals surface area contributed by atoms with Gasteiger partial charge in [-0.15, -0.1) is 0 Å². The Labute approximate surface area is 159 Å². The fraction of sp³-hybridized carbons (Fsp3) is 0.391. The van der Waals surface area contributed by atoms with E-state index in [1.807, 2.05) is 36.4 Å². The third-order valence-corrected chi connectivity index (χ3v) is 5.53. The van der Waals surface area contributed by atoms with E-state index in [4.69, 9.17) is 14.7 Å². The summed E-state index contributed by atoms with van der Waals surface area (Å²) in [5, 5.41) is 9.10. The van der Waals surface area contributed by atoms with E-state index in [1.165, 1.54) is 0 Å².